The largest absolute Gasteiger partial charge is 0.252 e. The fraction of sp³-hybridized carbons (Fsp3) is 0.391. The van der Waals surface area contributed by atoms with Crippen LogP contribution in [0.2, 0.25) is 0 Å². The third-order valence-corrected chi connectivity index (χ3v) is 8.45. The molecule has 0 atom stereocenters. The maximum atomic E-state index is 12.9. The average molecular weight is 442 g/mol. The van der Waals surface area contributed by atoms with Crippen molar-refractivity contribution in [1.82, 2.24) is 4.31 Å². The second kappa shape index (κ2) is 9.04. The Labute approximate surface area is 183 Å². The van der Waals surface area contributed by atoms with Gasteiger partial charge in [-0.3, -0.25) is 4.99 Å². The summed E-state index contributed by atoms with van der Waals surface area (Å²) in [4.78, 5) is 10.1. The van der Waals surface area contributed by atoms with Crippen LogP contribution in [0.15, 0.2) is 70.6 Å². The number of nitrogens with zero attached hydrogens (tertiary/aromatic N) is 3. The van der Waals surface area contributed by atoms with Gasteiger partial charge in [-0.1, -0.05) is 67.6 Å². The lowest BCUT2D eigenvalue weighted by atomic mass is 10.00. The highest BCUT2D eigenvalue weighted by atomic mass is 32.2. The Morgan fingerprint density at radius 2 is 1.60 bits per heavy atom. The summed E-state index contributed by atoms with van der Waals surface area (Å²) in [5, 5.41) is 0.989. The molecule has 30 heavy (non-hydrogen) atoms. The van der Waals surface area contributed by atoms with Crippen molar-refractivity contribution in [3.63, 3.8) is 0 Å². The molecule has 0 N–H and O–H groups in total. The second-order valence-corrected chi connectivity index (χ2v) is 10.8. The zero-order chi connectivity index (χ0) is 21.0. The van der Waals surface area contributed by atoms with Gasteiger partial charge in [-0.25, -0.2) is 17.7 Å². The molecule has 2 aromatic carbocycles. The predicted octanol–water partition coefficient (Wildman–Crippen LogP) is 4.35. The summed E-state index contributed by atoms with van der Waals surface area (Å²) in [5.74, 6) is 1.04. The number of piperidine rings is 1. The first-order valence-corrected chi connectivity index (χ1v) is 13.0. The minimum Gasteiger partial charge on any atom is -0.252 e. The Hall–Kier alpha value is -1.96. The lowest BCUT2D eigenvalue weighted by Gasteiger charge is -2.34. The van der Waals surface area contributed by atoms with E-state index in [0.717, 1.165) is 34.1 Å². The summed E-state index contributed by atoms with van der Waals surface area (Å²) >= 11 is 1.75. The average Bonchev–Trinajstić information content (AvgIpc) is 3.11. The molecule has 0 aromatic heterocycles. The Balaban J connectivity index is 1.51. The fourth-order valence-corrected chi connectivity index (χ4v) is 6.30. The molecule has 4 rings (SSSR count). The van der Waals surface area contributed by atoms with Crippen LogP contribution in [0, 0.1) is 0 Å². The van der Waals surface area contributed by atoms with Crippen LogP contribution in [0.25, 0.3) is 0 Å². The third kappa shape index (κ3) is 4.68. The maximum absolute atomic E-state index is 12.9. The van der Waals surface area contributed by atoms with E-state index in [1.807, 2.05) is 48.5 Å². The standard InChI is InChI=1S/C23H27N3O2S2/c1-2-17-29-22-21(20-11-7-4-8-12-20)24-23(25-22)13-15-26(16-14-23)30(27,28)18-19-9-5-3-6-10-19/h3-12H,2,13-18H2,1H3. The normalized spacial score (nSPS) is 19.0. The van der Waals surface area contributed by atoms with Gasteiger partial charge >= 0.3 is 0 Å². The smallest absolute Gasteiger partial charge is 0.218 e. The van der Waals surface area contributed by atoms with E-state index in [4.69, 9.17) is 9.98 Å². The van der Waals surface area contributed by atoms with Gasteiger partial charge in [-0.15, -0.1) is 11.8 Å². The van der Waals surface area contributed by atoms with E-state index < -0.39 is 15.7 Å². The lowest BCUT2D eigenvalue weighted by Crippen LogP contribution is -2.44. The van der Waals surface area contributed by atoms with E-state index in [9.17, 15) is 8.42 Å². The SMILES string of the molecule is CCCSC1=NC2(CCN(S(=O)(=O)Cc3ccccc3)CC2)N=C1c1ccccc1. The zero-order valence-corrected chi connectivity index (χ0v) is 18.8. The first kappa shape index (κ1) is 21.3. The summed E-state index contributed by atoms with van der Waals surface area (Å²) in [6.07, 6.45) is 2.31. The molecule has 2 aliphatic rings. The highest BCUT2D eigenvalue weighted by molar-refractivity contribution is 8.15. The molecule has 5 nitrogen and oxygen atoms in total. The van der Waals surface area contributed by atoms with Gasteiger partial charge in [0.25, 0.3) is 0 Å². The van der Waals surface area contributed by atoms with Gasteiger partial charge in [0.1, 0.15) is 5.04 Å². The Kier molecular flexibility index (Phi) is 6.41. The van der Waals surface area contributed by atoms with Gasteiger partial charge in [0, 0.05) is 31.5 Å². The zero-order valence-electron chi connectivity index (χ0n) is 17.2. The van der Waals surface area contributed by atoms with Crippen LogP contribution in [0.5, 0.6) is 0 Å². The highest BCUT2D eigenvalue weighted by Crippen LogP contribution is 2.36. The second-order valence-electron chi connectivity index (χ2n) is 7.72. The molecule has 158 valence electrons. The van der Waals surface area contributed by atoms with E-state index in [2.05, 4.69) is 19.1 Å². The Morgan fingerprint density at radius 3 is 2.23 bits per heavy atom. The molecule has 2 aliphatic heterocycles. The number of sulfonamides is 1. The molecule has 0 amide bonds. The third-order valence-electron chi connectivity index (χ3n) is 5.43. The fourth-order valence-electron chi connectivity index (χ4n) is 3.83. The van der Waals surface area contributed by atoms with Gasteiger partial charge < -0.3 is 0 Å². The van der Waals surface area contributed by atoms with Gasteiger partial charge in [0.2, 0.25) is 10.0 Å². The van der Waals surface area contributed by atoms with Crippen molar-refractivity contribution in [1.29, 1.82) is 0 Å². The van der Waals surface area contributed by atoms with Gasteiger partial charge in [0.15, 0.2) is 5.66 Å². The van der Waals surface area contributed by atoms with Crippen LogP contribution in [0.3, 0.4) is 0 Å². The molecular weight excluding hydrogens is 414 g/mol. The number of benzene rings is 2. The monoisotopic (exact) mass is 441 g/mol. The van der Waals surface area contributed by atoms with Crippen LogP contribution in [0.4, 0.5) is 0 Å². The van der Waals surface area contributed by atoms with E-state index in [0.29, 0.717) is 25.9 Å². The van der Waals surface area contributed by atoms with Crippen LogP contribution in [-0.2, 0) is 15.8 Å². The summed E-state index contributed by atoms with van der Waals surface area (Å²) in [7, 11) is -3.34. The highest BCUT2D eigenvalue weighted by Gasteiger charge is 2.42. The number of hydrogen-bond donors (Lipinski definition) is 0. The number of rotatable bonds is 6. The van der Waals surface area contributed by atoms with Crippen LogP contribution in [0.1, 0.15) is 37.3 Å². The number of thioether (sulfide) groups is 1. The summed E-state index contributed by atoms with van der Waals surface area (Å²) in [6.45, 7) is 3.07. The van der Waals surface area contributed by atoms with Gasteiger partial charge in [-0.2, -0.15) is 0 Å². The topological polar surface area (TPSA) is 62.1 Å². The molecular formula is C23H27N3O2S2. The molecule has 1 fully saturated rings. The predicted molar refractivity (Wildman–Crippen MR) is 126 cm³/mol. The van der Waals surface area contributed by atoms with Crippen molar-refractivity contribution >= 4 is 32.5 Å². The first-order chi connectivity index (χ1) is 14.5. The maximum Gasteiger partial charge on any atom is 0.218 e. The van der Waals surface area contributed by atoms with Crippen LogP contribution >= 0.6 is 11.8 Å². The molecule has 0 radical (unpaired) electrons. The van der Waals surface area contributed by atoms with Crippen molar-refractivity contribution in [2.24, 2.45) is 9.98 Å². The van der Waals surface area contributed by atoms with Gasteiger partial charge in [0.05, 0.1) is 11.5 Å². The van der Waals surface area contributed by atoms with E-state index in [1.54, 1.807) is 16.1 Å². The van der Waals surface area contributed by atoms with Crippen molar-refractivity contribution in [2.45, 2.75) is 37.6 Å². The lowest BCUT2D eigenvalue weighted by molar-refractivity contribution is 0.248. The minimum absolute atomic E-state index is 0.0419. The Bertz CT molecular complexity index is 1030. The van der Waals surface area contributed by atoms with Crippen molar-refractivity contribution in [3.8, 4) is 0 Å². The summed E-state index contributed by atoms with van der Waals surface area (Å²) < 4.78 is 27.4. The molecule has 2 aromatic rings. The van der Waals surface area contributed by atoms with Crippen LogP contribution in [-0.4, -0.2) is 48.0 Å². The molecule has 2 heterocycles. The van der Waals surface area contributed by atoms with Crippen molar-refractivity contribution < 1.29 is 8.42 Å². The quantitative estimate of drug-likeness (QED) is 0.669. The molecule has 1 saturated heterocycles. The minimum atomic E-state index is -3.34. The molecule has 0 aliphatic carbocycles. The van der Waals surface area contributed by atoms with E-state index >= 15 is 0 Å². The summed E-state index contributed by atoms with van der Waals surface area (Å²) in [5.41, 5.74) is 2.32. The van der Waals surface area contributed by atoms with Crippen molar-refractivity contribution in [2.75, 3.05) is 18.8 Å². The van der Waals surface area contributed by atoms with E-state index in [-0.39, 0.29) is 5.75 Å². The molecule has 0 saturated carbocycles. The number of aliphatic imine (C=N–C) groups is 2. The molecule has 0 unspecified atom stereocenters. The van der Waals surface area contributed by atoms with Gasteiger partial charge in [-0.05, 0) is 17.7 Å². The van der Waals surface area contributed by atoms with E-state index in [1.165, 1.54) is 0 Å². The molecule has 1 spiro atoms. The number of hydrogen-bond acceptors (Lipinski definition) is 5. The molecule has 0 bridgehead atoms. The summed E-state index contributed by atoms with van der Waals surface area (Å²) in [6, 6.07) is 19.5. The first-order valence-electron chi connectivity index (χ1n) is 10.4. The molecule has 7 heteroatoms. The van der Waals surface area contributed by atoms with Crippen molar-refractivity contribution in [3.05, 3.63) is 71.8 Å². The van der Waals surface area contributed by atoms with Crippen LogP contribution < -0.4 is 0 Å². The Morgan fingerprint density at radius 1 is 0.967 bits per heavy atom.